The third-order valence-corrected chi connectivity index (χ3v) is 8.11. The van der Waals surface area contributed by atoms with E-state index in [0.717, 1.165) is 18.7 Å². The molecule has 1 saturated heterocycles. The minimum Gasteiger partial charge on any atom is -0.497 e. The summed E-state index contributed by atoms with van der Waals surface area (Å²) in [6.07, 6.45) is 3.00. The predicted molar refractivity (Wildman–Crippen MR) is 148 cm³/mol. The largest absolute Gasteiger partial charge is 0.497 e. The lowest BCUT2D eigenvalue weighted by Crippen LogP contribution is -2.20. The van der Waals surface area contributed by atoms with Gasteiger partial charge in [-0.25, -0.2) is 8.42 Å². The van der Waals surface area contributed by atoms with Crippen molar-refractivity contribution >= 4 is 27.4 Å². The molecule has 1 N–H and O–H groups in total. The molecule has 1 unspecified atom stereocenters. The van der Waals surface area contributed by atoms with Crippen LogP contribution in [0.15, 0.2) is 65.6 Å². The quantitative estimate of drug-likeness (QED) is 0.269. The van der Waals surface area contributed by atoms with Gasteiger partial charge in [-0.15, -0.1) is 0 Å². The van der Waals surface area contributed by atoms with Gasteiger partial charge in [-0.05, 0) is 67.6 Å². The zero-order chi connectivity index (χ0) is 27.3. The van der Waals surface area contributed by atoms with E-state index >= 15 is 0 Å². The number of nitrogens with one attached hydrogen (secondary N) is 1. The average Bonchev–Trinajstić information content (AvgIpc) is 3.45. The molecule has 0 spiro atoms. The van der Waals surface area contributed by atoms with Gasteiger partial charge in [-0.2, -0.15) is 0 Å². The minimum absolute atomic E-state index is 0.0427. The molecule has 0 aromatic heterocycles. The van der Waals surface area contributed by atoms with Crippen molar-refractivity contribution < 1.29 is 27.4 Å². The highest BCUT2D eigenvalue weighted by molar-refractivity contribution is 7.92. The number of rotatable bonds is 10. The van der Waals surface area contributed by atoms with E-state index in [4.69, 9.17) is 14.2 Å². The van der Waals surface area contributed by atoms with E-state index in [1.165, 1.54) is 50.9 Å². The van der Waals surface area contributed by atoms with E-state index in [2.05, 4.69) is 21.8 Å². The maximum Gasteiger partial charge on any atom is 0.318 e. The fraction of sp³-hybridized carbons (Fsp3) is 0.345. The molecule has 4 rings (SSSR count). The molecule has 1 fully saturated rings. The number of carbonyl (C=O) groups is 1. The first kappa shape index (κ1) is 27.3. The Kier molecular flexibility index (Phi) is 8.46. The second-order valence-corrected chi connectivity index (χ2v) is 11.0. The molecule has 0 aliphatic carbocycles. The SMILES string of the molecule is CCC(C(=O)Oc1ccc(S(=O)(=O)Nc2cc(OC)cc(OC)c2)cc1C)c1ccc(N2CCCC2)cc1. The molecule has 3 aromatic rings. The highest BCUT2D eigenvalue weighted by Crippen LogP contribution is 2.31. The number of benzene rings is 3. The van der Waals surface area contributed by atoms with Crippen LogP contribution < -0.4 is 23.8 Å². The molecular weight excluding hydrogens is 504 g/mol. The van der Waals surface area contributed by atoms with Gasteiger partial charge in [-0.3, -0.25) is 9.52 Å². The first-order chi connectivity index (χ1) is 18.2. The molecule has 1 aliphatic heterocycles. The Balaban J connectivity index is 1.47. The van der Waals surface area contributed by atoms with E-state index in [-0.39, 0.29) is 10.9 Å². The summed E-state index contributed by atoms with van der Waals surface area (Å²) < 4.78 is 44.8. The molecule has 202 valence electrons. The van der Waals surface area contributed by atoms with Crippen LogP contribution in [0.2, 0.25) is 0 Å². The number of anilines is 2. The number of nitrogens with zero attached hydrogens (tertiary/aromatic N) is 1. The molecule has 8 nitrogen and oxygen atoms in total. The van der Waals surface area contributed by atoms with Gasteiger partial charge in [-0.1, -0.05) is 19.1 Å². The molecule has 9 heteroatoms. The number of aryl methyl sites for hydroxylation is 1. The van der Waals surface area contributed by atoms with Gasteiger partial charge in [0.05, 0.1) is 30.7 Å². The second-order valence-electron chi connectivity index (χ2n) is 9.30. The van der Waals surface area contributed by atoms with E-state index in [9.17, 15) is 13.2 Å². The van der Waals surface area contributed by atoms with Crippen molar-refractivity contribution in [3.05, 3.63) is 71.8 Å². The van der Waals surface area contributed by atoms with Crippen LogP contribution in [-0.2, 0) is 14.8 Å². The lowest BCUT2D eigenvalue weighted by atomic mass is 9.96. The van der Waals surface area contributed by atoms with Gasteiger partial charge in [0.25, 0.3) is 10.0 Å². The number of hydrogen-bond donors (Lipinski definition) is 1. The summed E-state index contributed by atoms with van der Waals surface area (Å²) in [5, 5.41) is 0. The topological polar surface area (TPSA) is 94.2 Å². The molecule has 3 aromatic carbocycles. The third-order valence-electron chi connectivity index (χ3n) is 6.73. The Hall–Kier alpha value is -3.72. The van der Waals surface area contributed by atoms with Crippen LogP contribution in [0.5, 0.6) is 17.2 Å². The monoisotopic (exact) mass is 538 g/mol. The molecule has 1 heterocycles. The fourth-order valence-corrected chi connectivity index (χ4v) is 5.72. The molecule has 38 heavy (non-hydrogen) atoms. The first-order valence-corrected chi connectivity index (χ1v) is 14.2. The zero-order valence-corrected chi connectivity index (χ0v) is 23.0. The standard InChI is InChI=1S/C29H34N2O6S/c1-5-27(21-8-10-23(11-9-21)31-14-6-7-15-31)29(32)37-28-13-12-26(16-20(28)2)38(33,34)30-22-17-24(35-3)19-25(18-22)36-4/h8-13,16-19,27,30H,5-7,14-15H2,1-4H3. The number of hydrogen-bond acceptors (Lipinski definition) is 7. The number of esters is 1. The van der Waals surface area contributed by atoms with E-state index < -0.39 is 15.9 Å². The summed E-state index contributed by atoms with van der Waals surface area (Å²) in [6.45, 7) is 5.78. The average molecular weight is 539 g/mol. The van der Waals surface area contributed by atoms with E-state index in [0.29, 0.717) is 34.9 Å². The van der Waals surface area contributed by atoms with Crippen LogP contribution >= 0.6 is 0 Å². The maximum atomic E-state index is 13.1. The Morgan fingerprint density at radius 1 is 0.947 bits per heavy atom. The lowest BCUT2D eigenvalue weighted by Gasteiger charge is -2.20. The van der Waals surface area contributed by atoms with Gasteiger partial charge in [0, 0.05) is 37.0 Å². The van der Waals surface area contributed by atoms with Crippen LogP contribution in [-0.4, -0.2) is 41.7 Å². The van der Waals surface area contributed by atoms with Crippen LogP contribution in [0, 0.1) is 6.92 Å². The van der Waals surface area contributed by atoms with Gasteiger partial charge >= 0.3 is 5.97 Å². The van der Waals surface area contributed by atoms with Crippen molar-refractivity contribution in [2.24, 2.45) is 0 Å². The summed E-state index contributed by atoms with van der Waals surface area (Å²) in [5.41, 5.74) is 2.90. The van der Waals surface area contributed by atoms with Crippen molar-refractivity contribution in [2.75, 3.05) is 36.9 Å². The van der Waals surface area contributed by atoms with Crippen molar-refractivity contribution in [3.8, 4) is 17.2 Å². The maximum absolute atomic E-state index is 13.1. The van der Waals surface area contributed by atoms with Gasteiger partial charge in [0.1, 0.15) is 17.2 Å². The number of carbonyl (C=O) groups excluding carboxylic acids is 1. The van der Waals surface area contributed by atoms with Crippen LogP contribution in [0.4, 0.5) is 11.4 Å². The normalized spacial score (nSPS) is 14.2. The predicted octanol–water partition coefficient (Wildman–Crippen LogP) is 5.51. The third kappa shape index (κ3) is 6.22. The highest BCUT2D eigenvalue weighted by Gasteiger charge is 2.23. The number of methoxy groups -OCH3 is 2. The van der Waals surface area contributed by atoms with Crippen molar-refractivity contribution in [3.63, 3.8) is 0 Å². The van der Waals surface area contributed by atoms with Crippen LogP contribution in [0.25, 0.3) is 0 Å². The summed E-state index contributed by atoms with van der Waals surface area (Å²) >= 11 is 0. The lowest BCUT2D eigenvalue weighted by molar-refractivity contribution is -0.136. The first-order valence-electron chi connectivity index (χ1n) is 12.7. The smallest absolute Gasteiger partial charge is 0.318 e. The van der Waals surface area contributed by atoms with Gasteiger partial charge in [0.15, 0.2) is 0 Å². The minimum atomic E-state index is -3.91. The van der Waals surface area contributed by atoms with E-state index in [1.54, 1.807) is 25.1 Å². The van der Waals surface area contributed by atoms with Gasteiger partial charge in [0.2, 0.25) is 0 Å². The molecule has 1 atom stereocenters. The summed E-state index contributed by atoms with van der Waals surface area (Å²) in [7, 11) is -0.933. The molecule has 0 amide bonds. The zero-order valence-electron chi connectivity index (χ0n) is 22.2. The second kappa shape index (κ2) is 11.8. The van der Waals surface area contributed by atoms with Crippen molar-refractivity contribution in [2.45, 2.75) is 43.9 Å². The summed E-state index contributed by atoms with van der Waals surface area (Å²) in [5.74, 6) is 0.439. The van der Waals surface area contributed by atoms with E-state index in [1.807, 2.05) is 19.1 Å². The van der Waals surface area contributed by atoms with Crippen LogP contribution in [0.1, 0.15) is 43.2 Å². The molecule has 1 aliphatic rings. The van der Waals surface area contributed by atoms with Gasteiger partial charge < -0.3 is 19.1 Å². The highest BCUT2D eigenvalue weighted by atomic mass is 32.2. The summed E-state index contributed by atoms with van der Waals surface area (Å²) in [6, 6.07) is 17.3. The van der Waals surface area contributed by atoms with Crippen molar-refractivity contribution in [1.29, 1.82) is 0 Å². The Morgan fingerprint density at radius 2 is 1.58 bits per heavy atom. The molecule has 0 saturated carbocycles. The number of ether oxygens (including phenoxy) is 3. The fourth-order valence-electron chi connectivity index (χ4n) is 4.59. The molecule has 0 radical (unpaired) electrons. The summed E-state index contributed by atoms with van der Waals surface area (Å²) in [4.78, 5) is 15.5. The molecular formula is C29H34N2O6S. The van der Waals surface area contributed by atoms with Crippen LogP contribution in [0.3, 0.4) is 0 Å². The Bertz CT molecular complexity index is 1360. The van der Waals surface area contributed by atoms with Crippen molar-refractivity contribution in [1.82, 2.24) is 0 Å². The molecule has 0 bridgehead atoms. The number of sulfonamides is 1. The Morgan fingerprint density at radius 3 is 2.13 bits per heavy atom. The Labute approximate surface area is 224 Å².